The number of rotatable bonds is 4. The quantitative estimate of drug-likeness (QED) is 0.631. The number of aliphatic carboxylic acids is 1. The molecule has 1 N–H and O–H groups in total. The van der Waals surface area contributed by atoms with Crippen LogP contribution in [0.1, 0.15) is 42.4 Å². The van der Waals surface area contributed by atoms with E-state index in [4.69, 9.17) is 9.90 Å². The van der Waals surface area contributed by atoms with Gasteiger partial charge in [-0.1, -0.05) is 42.0 Å². The number of piperidine rings is 1. The summed E-state index contributed by atoms with van der Waals surface area (Å²) in [5.41, 5.74) is 3.62. The summed E-state index contributed by atoms with van der Waals surface area (Å²) in [6.07, 6.45) is -1.40. The van der Waals surface area contributed by atoms with Gasteiger partial charge in [-0.2, -0.15) is 13.2 Å². The number of carboxylic acids is 1. The Morgan fingerprint density at radius 3 is 2.18 bits per heavy atom. The number of aryl methyl sites for hydroxylation is 1. The fourth-order valence-corrected chi connectivity index (χ4v) is 4.62. The number of amides is 1. The second-order valence-corrected chi connectivity index (χ2v) is 8.90. The normalized spacial score (nSPS) is 18.0. The molecule has 184 valence electrons. The third-order valence-corrected chi connectivity index (χ3v) is 6.45. The number of hydrogen-bond acceptors (Lipinski definition) is 3. The molecule has 5 nitrogen and oxygen atoms in total. The van der Waals surface area contributed by atoms with Crippen molar-refractivity contribution in [3.05, 3.63) is 71.0 Å². The Balaban J connectivity index is 0.000000406. The molecular weight excluding hydrogens is 452 g/mol. The molecule has 34 heavy (non-hydrogen) atoms. The Hall–Kier alpha value is -2.94. The number of carbonyl (C=O) groups excluding carboxylic acids is 1. The lowest BCUT2D eigenvalue weighted by atomic mass is 9.84. The fraction of sp³-hybridized carbons (Fsp3) is 0.440. The molecule has 0 atom stereocenters. The summed E-state index contributed by atoms with van der Waals surface area (Å²) in [6.45, 7) is 5.63. The minimum atomic E-state index is -5.08. The summed E-state index contributed by atoms with van der Waals surface area (Å²) in [4.78, 5) is 26.1. The van der Waals surface area contributed by atoms with Gasteiger partial charge < -0.3 is 10.0 Å². The Morgan fingerprint density at radius 1 is 1.00 bits per heavy atom. The van der Waals surface area contributed by atoms with E-state index >= 15 is 0 Å². The lowest BCUT2D eigenvalue weighted by Gasteiger charge is -2.45. The van der Waals surface area contributed by atoms with E-state index in [2.05, 4.69) is 41.0 Å². The first-order chi connectivity index (χ1) is 16.0. The number of benzene rings is 2. The molecule has 2 heterocycles. The van der Waals surface area contributed by atoms with Crippen LogP contribution in [0, 0.1) is 12.7 Å². The summed E-state index contributed by atoms with van der Waals surface area (Å²) in [5.74, 6) is -2.65. The van der Waals surface area contributed by atoms with Crippen molar-refractivity contribution in [3.8, 4) is 0 Å². The zero-order valence-electron chi connectivity index (χ0n) is 18.9. The average Bonchev–Trinajstić information content (AvgIpc) is 3.07. The lowest BCUT2D eigenvalue weighted by Crippen LogP contribution is -2.52. The minimum Gasteiger partial charge on any atom is -0.475 e. The monoisotopic (exact) mass is 480 g/mol. The molecule has 0 bridgehead atoms. The Morgan fingerprint density at radius 2 is 1.62 bits per heavy atom. The highest BCUT2D eigenvalue weighted by Gasteiger charge is 2.46. The van der Waals surface area contributed by atoms with Gasteiger partial charge >= 0.3 is 12.1 Å². The van der Waals surface area contributed by atoms with Crippen molar-refractivity contribution in [3.63, 3.8) is 0 Å². The Kier molecular flexibility index (Phi) is 7.97. The molecule has 2 fully saturated rings. The Bertz CT molecular complexity index is 1000. The van der Waals surface area contributed by atoms with E-state index in [0.29, 0.717) is 12.3 Å². The number of likely N-dealkylation sites (tertiary alicyclic amines) is 2. The van der Waals surface area contributed by atoms with E-state index in [0.717, 1.165) is 51.0 Å². The summed E-state index contributed by atoms with van der Waals surface area (Å²) in [6, 6.07) is 15.3. The predicted octanol–water partition coefficient (Wildman–Crippen LogP) is 4.92. The number of carboxylic acid groups (broad SMARTS) is 1. The number of alkyl halides is 3. The SMILES string of the molecule is Cc1cccc(CN2C(=O)CCC23CCN(Cc2ccc(F)cc2)CC3)c1.O=C(O)C(F)(F)F. The second kappa shape index (κ2) is 10.5. The van der Waals surface area contributed by atoms with Crippen LogP contribution < -0.4 is 0 Å². The summed E-state index contributed by atoms with van der Waals surface area (Å²) in [7, 11) is 0. The number of hydrogen-bond donors (Lipinski definition) is 1. The van der Waals surface area contributed by atoms with Gasteiger partial charge in [0, 0.05) is 38.1 Å². The van der Waals surface area contributed by atoms with Gasteiger partial charge in [0.1, 0.15) is 5.82 Å². The van der Waals surface area contributed by atoms with Gasteiger partial charge in [0.2, 0.25) is 5.91 Å². The van der Waals surface area contributed by atoms with Crippen molar-refractivity contribution in [1.82, 2.24) is 9.80 Å². The maximum atomic E-state index is 13.1. The molecule has 0 radical (unpaired) electrons. The van der Waals surface area contributed by atoms with Crippen molar-refractivity contribution in [2.45, 2.75) is 57.4 Å². The van der Waals surface area contributed by atoms with Crippen molar-refractivity contribution in [2.24, 2.45) is 0 Å². The average molecular weight is 481 g/mol. The highest BCUT2D eigenvalue weighted by Crippen LogP contribution is 2.40. The molecule has 2 saturated heterocycles. The van der Waals surface area contributed by atoms with Crippen LogP contribution in [0.3, 0.4) is 0 Å². The summed E-state index contributed by atoms with van der Waals surface area (Å²) < 4.78 is 44.8. The molecule has 2 aromatic rings. The number of halogens is 4. The molecule has 2 aliphatic rings. The van der Waals surface area contributed by atoms with Gasteiger partial charge in [-0.3, -0.25) is 9.69 Å². The number of carbonyl (C=O) groups is 2. The van der Waals surface area contributed by atoms with Crippen LogP contribution in [-0.2, 0) is 22.7 Å². The fourth-order valence-electron chi connectivity index (χ4n) is 4.62. The van der Waals surface area contributed by atoms with Gasteiger partial charge in [-0.05, 0) is 49.4 Å². The van der Waals surface area contributed by atoms with Gasteiger partial charge in [0.25, 0.3) is 0 Å². The first-order valence-corrected chi connectivity index (χ1v) is 11.1. The molecule has 0 saturated carbocycles. The standard InChI is InChI=1S/C23H27FN2O.C2HF3O2/c1-18-3-2-4-20(15-18)17-26-22(27)9-10-23(26)11-13-25(14-12-23)16-19-5-7-21(24)8-6-19;3-2(4,5)1(6)7/h2-8,15H,9-14,16-17H2,1H3;(H,6,7). The van der Waals surface area contributed by atoms with Gasteiger partial charge in [-0.25, -0.2) is 9.18 Å². The zero-order chi connectivity index (χ0) is 24.9. The molecule has 0 aromatic heterocycles. The van der Waals surface area contributed by atoms with Gasteiger partial charge in [-0.15, -0.1) is 0 Å². The predicted molar refractivity (Wildman–Crippen MR) is 118 cm³/mol. The van der Waals surface area contributed by atoms with Crippen molar-refractivity contribution >= 4 is 11.9 Å². The molecule has 1 amide bonds. The first-order valence-electron chi connectivity index (χ1n) is 11.1. The molecule has 2 aromatic carbocycles. The summed E-state index contributed by atoms with van der Waals surface area (Å²) in [5, 5.41) is 7.12. The van der Waals surface area contributed by atoms with E-state index in [1.807, 2.05) is 12.1 Å². The van der Waals surface area contributed by atoms with E-state index in [1.54, 1.807) is 0 Å². The third-order valence-electron chi connectivity index (χ3n) is 6.45. The van der Waals surface area contributed by atoms with Crippen LogP contribution in [0.2, 0.25) is 0 Å². The Labute approximate surface area is 196 Å². The molecule has 4 rings (SSSR count). The lowest BCUT2D eigenvalue weighted by molar-refractivity contribution is -0.192. The van der Waals surface area contributed by atoms with Crippen LogP contribution in [0.15, 0.2) is 48.5 Å². The van der Waals surface area contributed by atoms with E-state index in [-0.39, 0.29) is 11.4 Å². The molecular formula is C25H28F4N2O3. The van der Waals surface area contributed by atoms with Crippen molar-refractivity contribution < 1.29 is 32.3 Å². The molecule has 9 heteroatoms. The highest BCUT2D eigenvalue weighted by atomic mass is 19.4. The molecule has 0 unspecified atom stereocenters. The van der Waals surface area contributed by atoms with Crippen LogP contribution in [0.4, 0.5) is 17.6 Å². The number of nitrogens with zero attached hydrogens (tertiary/aromatic N) is 2. The van der Waals surface area contributed by atoms with E-state index in [1.165, 1.54) is 23.3 Å². The second-order valence-electron chi connectivity index (χ2n) is 8.90. The minimum absolute atomic E-state index is 0.0140. The van der Waals surface area contributed by atoms with Crippen molar-refractivity contribution in [2.75, 3.05) is 13.1 Å². The van der Waals surface area contributed by atoms with Crippen LogP contribution >= 0.6 is 0 Å². The maximum absolute atomic E-state index is 13.1. The van der Waals surface area contributed by atoms with E-state index < -0.39 is 12.1 Å². The molecule has 2 aliphatic heterocycles. The first kappa shape index (κ1) is 25.7. The van der Waals surface area contributed by atoms with Gasteiger partial charge in [0.15, 0.2) is 0 Å². The van der Waals surface area contributed by atoms with Crippen LogP contribution in [0.25, 0.3) is 0 Å². The topological polar surface area (TPSA) is 60.9 Å². The smallest absolute Gasteiger partial charge is 0.475 e. The van der Waals surface area contributed by atoms with Crippen molar-refractivity contribution in [1.29, 1.82) is 0 Å². The molecule has 1 spiro atoms. The largest absolute Gasteiger partial charge is 0.490 e. The molecule has 0 aliphatic carbocycles. The summed E-state index contributed by atoms with van der Waals surface area (Å²) >= 11 is 0. The third kappa shape index (κ3) is 6.56. The maximum Gasteiger partial charge on any atom is 0.490 e. The zero-order valence-corrected chi connectivity index (χ0v) is 18.9. The van der Waals surface area contributed by atoms with Crippen LogP contribution in [-0.4, -0.2) is 51.6 Å². The van der Waals surface area contributed by atoms with E-state index in [9.17, 15) is 22.4 Å². The van der Waals surface area contributed by atoms with Gasteiger partial charge in [0.05, 0.1) is 0 Å². The van der Waals surface area contributed by atoms with Crippen LogP contribution in [0.5, 0.6) is 0 Å². The highest BCUT2D eigenvalue weighted by molar-refractivity contribution is 5.79.